The van der Waals surface area contributed by atoms with Gasteiger partial charge in [-0.3, -0.25) is 9.59 Å². The van der Waals surface area contributed by atoms with E-state index in [1.54, 1.807) is 11.8 Å². The van der Waals surface area contributed by atoms with Gasteiger partial charge in [0.25, 0.3) is 5.91 Å². The molecule has 1 aromatic heterocycles. The molecular formula is C28H41N3O4S. The molecule has 3 saturated carbocycles. The van der Waals surface area contributed by atoms with E-state index in [0.29, 0.717) is 29.9 Å². The molecule has 4 aliphatic rings. The van der Waals surface area contributed by atoms with E-state index in [0.717, 1.165) is 74.5 Å². The molecule has 0 aromatic carbocycles. The molecule has 2 heterocycles. The van der Waals surface area contributed by atoms with Gasteiger partial charge in [-0.25, -0.2) is 4.98 Å². The number of piperidine rings is 1. The Balaban J connectivity index is 1.32. The van der Waals surface area contributed by atoms with E-state index in [1.165, 1.54) is 0 Å². The molecule has 2 bridgehead atoms. The van der Waals surface area contributed by atoms with Crippen LogP contribution in [0.4, 0.5) is 5.82 Å². The minimum absolute atomic E-state index is 0.0479. The van der Waals surface area contributed by atoms with Crippen molar-refractivity contribution in [2.24, 2.45) is 29.1 Å². The average molecular weight is 516 g/mol. The number of amides is 1. The minimum Gasteiger partial charge on any atom is -0.481 e. The van der Waals surface area contributed by atoms with Crippen molar-refractivity contribution >= 4 is 29.5 Å². The quantitative estimate of drug-likeness (QED) is 0.436. The molecule has 3 N–H and O–H groups in total. The van der Waals surface area contributed by atoms with Crippen molar-refractivity contribution < 1.29 is 19.8 Å². The summed E-state index contributed by atoms with van der Waals surface area (Å²) in [5, 5.41) is 24.7. The summed E-state index contributed by atoms with van der Waals surface area (Å²) in [5.41, 5.74) is -0.644. The number of aliphatic carboxylic acids is 1. The highest BCUT2D eigenvalue weighted by Crippen LogP contribution is 2.60. The van der Waals surface area contributed by atoms with Crippen LogP contribution in [0.1, 0.15) is 82.5 Å². The van der Waals surface area contributed by atoms with Crippen LogP contribution in [0.25, 0.3) is 0 Å². The van der Waals surface area contributed by atoms with Crippen molar-refractivity contribution in [2.75, 3.05) is 23.7 Å². The molecule has 8 heteroatoms. The maximum Gasteiger partial charge on any atom is 0.309 e. The first-order valence-electron chi connectivity index (χ1n) is 13.8. The summed E-state index contributed by atoms with van der Waals surface area (Å²) in [6.45, 7) is 7.25. The molecule has 3 aliphatic carbocycles. The van der Waals surface area contributed by atoms with E-state index in [-0.39, 0.29) is 17.9 Å². The van der Waals surface area contributed by atoms with Crippen molar-refractivity contribution in [1.29, 1.82) is 0 Å². The number of nitrogens with one attached hydrogen (secondary N) is 1. The summed E-state index contributed by atoms with van der Waals surface area (Å²) in [5.74, 6) is 2.35. The first-order valence-corrected chi connectivity index (χ1v) is 14.8. The molecule has 7 nitrogen and oxygen atoms in total. The number of rotatable bonds is 8. The third-order valence-electron chi connectivity index (χ3n) is 9.63. The van der Waals surface area contributed by atoms with Crippen LogP contribution in [0.15, 0.2) is 17.2 Å². The fraction of sp³-hybridized carbons (Fsp3) is 0.750. The number of fused-ring (bicyclic) bond motifs is 1. The zero-order valence-electron chi connectivity index (χ0n) is 21.8. The highest BCUT2D eigenvalue weighted by molar-refractivity contribution is 7.99. The van der Waals surface area contributed by atoms with E-state index in [2.05, 4.69) is 17.1 Å². The first kappa shape index (κ1) is 25.8. The molecule has 5 rings (SSSR count). The number of hydrogen-bond donors (Lipinski definition) is 3. The van der Waals surface area contributed by atoms with E-state index in [4.69, 9.17) is 4.98 Å². The molecule has 6 atom stereocenters. The molecule has 1 aliphatic heterocycles. The van der Waals surface area contributed by atoms with Crippen molar-refractivity contribution in [1.82, 2.24) is 10.3 Å². The highest BCUT2D eigenvalue weighted by atomic mass is 32.2. The standard InChI is InChI=1S/C28H41N3O4S/c1-4-12-36-25-20(24(32)29-22-9-7-17-14-28(35)15-18(22)13-21(17)28)8-10-23(30-25)31-11-5-6-19(16-31)27(2,3)26(33)34/h8,10,17-19,21-22,35H,4-7,9,11-16H2,1-3H3,(H,29,32)(H,33,34)/t17?,18?,19?,21?,22-,28+/m1/s1. The summed E-state index contributed by atoms with van der Waals surface area (Å²) >= 11 is 1.62. The summed E-state index contributed by atoms with van der Waals surface area (Å²) < 4.78 is 0. The van der Waals surface area contributed by atoms with Gasteiger partial charge in [-0.05, 0) is 107 Å². The lowest BCUT2D eigenvalue weighted by Gasteiger charge is -2.49. The Morgan fingerprint density at radius 2 is 2.00 bits per heavy atom. The lowest BCUT2D eigenvalue weighted by molar-refractivity contribution is -0.150. The molecule has 0 radical (unpaired) electrons. The van der Waals surface area contributed by atoms with Gasteiger partial charge < -0.3 is 20.4 Å². The Morgan fingerprint density at radius 1 is 1.22 bits per heavy atom. The smallest absolute Gasteiger partial charge is 0.309 e. The lowest BCUT2D eigenvalue weighted by Crippen LogP contribution is -2.51. The molecule has 0 spiro atoms. The number of aromatic nitrogens is 1. The number of pyridine rings is 1. The Hall–Kier alpha value is -1.80. The Morgan fingerprint density at radius 3 is 2.75 bits per heavy atom. The van der Waals surface area contributed by atoms with E-state index in [1.807, 2.05) is 26.0 Å². The Bertz CT molecular complexity index is 1020. The van der Waals surface area contributed by atoms with Crippen LogP contribution in [0.2, 0.25) is 0 Å². The number of aliphatic hydroxyl groups is 1. The number of thioether (sulfide) groups is 1. The van der Waals surface area contributed by atoms with E-state index in [9.17, 15) is 19.8 Å². The normalized spacial score (nSPS) is 33.6. The Kier molecular flexibility index (Phi) is 7.05. The third-order valence-corrected chi connectivity index (χ3v) is 10.8. The molecule has 1 saturated heterocycles. The van der Waals surface area contributed by atoms with Gasteiger partial charge in [0.15, 0.2) is 0 Å². The number of carbonyl (C=O) groups is 2. The van der Waals surface area contributed by atoms with Crippen LogP contribution in [0.3, 0.4) is 0 Å². The van der Waals surface area contributed by atoms with Gasteiger partial charge in [-0.1, -0.05) is 6.92 Å². The second-order valence-corrected chi connectivity index (χ2v) is 13.3. The fourth-order valence-electron chi connectivity index (χ4n) is 7.25. The van der Waals surface area contributed by atoms with Gasteiger partial charge >= 0.3 is 5.97 Å². The highest BCUT2D eigenvalue weighted by Gasteiger charge is 2.60. The number of carbonyl (C=O) groups excluding carboxylic acids is 1. The molecule has 36 heavy (non-hydrogen) atoms. The average Bonchev–Trinajstić information content (AvgIpc) is 3.03. The SMILES string of the molecule is CCCSc1nc(N2CCCC(C(C)(C)C(=O)O)C2)ccc1C(=O)N[C@@H]1CCC2C[C@]3(O)CC1CC23. The van der Waals surface area contributed by atoms with Gasteiger partial charge in [0.1, 0.15) is 10.8 Å². The lowest BCUT2D eigenvalue weighted by atomic mass is 9.61. The van der Waals surface area contributed by atoms with Crippen molar-refractivity contribution in [3.05, 3.63) is 17.7 Å². The predicted molar refractivity (Wildman–Crippen MR) is 141 cm³/mol. The van der Waals surface area contributed by atoms with E-state index < -0.39 is 17.0 Å². The topological polar surface area (TPSA) is 103 Å². The number of nitrogens with zero attached hydrogens (tertiary/aromatic N) is 2. The molecular weight excluding hydrogens is 474 g/mol. The zero-order chi connectivity index (χ0) is 25.7. The molecule has 1 amide bonds. The third kappa shape index (κ3) is 4.64. The molecule has 4 unspecified atom stereocenters. The second kappa shape index (κ2) is 9.82. The largest absolute Gasteiger partial charge is 0.481 e. The zero-order valence-corrected chi connectivity index (χ0v) is 22.6. The first-order chi connectivity index (χ1) is 17.1. The van der Waals surface area contributed by atoms with Crippen molar-refractivity contribution in [3.8, 4) is 0 Å². The monoisotopic (exact) mass is 515 g/mol. The van der Waals surface area contributed by atoms with Gasteiger partial charge in [0, 0.05) is 19.1 Å². The number of carboxylic acid groups (broad SMARTS) is 1. The maximum atomic E-state index is 13.5. The summed E-state index contributed by atoms with van der Waals surface area (Å²) in [4.78, 5) is 32.5. The van der Waals surface area contributed by atoms with E-state index >= 15 is 0 Å². The van der Waals surface area contributed by atoms with Gasteiger partial charge in [0.2, 0.25) is 0 Å². The molecule has 4 fully saturated rings. The van der Waals surface area contributed by atoms with Crippen molar-refractivity contribution in [2.45, 2.75) is 88.8 Å². The van der Waals surface area contributed by atoms with Crippen LogP contribution in [0, 0.1) is 29.1 Å². The van der Waals surface area contributed by atoms with Crippen LogP contribution >= 0.6 is 11.8 Å². The summed E-state index contributed by atoms with van der Waals surface area (Å²) in [6, 6.07) is 3.95. The van der Waals surface area contributed by atoms with Crippen molar-refractivity contribution in [3.63, 3.8) is 0 Å². The molecule has 1 aromatic rings. The van der Waals surface area contributed by atoms with Gasteiger partial charge in [-0.2, -0.15) is 0 Å². The van der Waals surface area contributed by atoms with Crippen LogP contribution in [0.5, 0.6) is 0 Å². The number of carboxylic acids is 1. The number of hydrogen-bond acceptors (Lipinski definition) is 6. The second-order valence-electron chi connectivity index (χ2n) is 12.2. The van der Waals surface area contributed by atoms with Crippen LogP contribution in [-0.4, -0.2) is 57.6 Å². The predicted octanol–water partition coefficient (Wildman–Crippen LogP) is 4.58. The minimum atomic E-state index is -0.788. The van der Waals surface area contributed by atoms with Crippen LogP contribution in [-0.2, 0) is 4.79 Å². The van der Waals surface area contributed by atoms with Gasteiger partial charge in [-0.15, -0.1) is 11.8 Å². The fourth-order valence-corrected chi connectivity index (χ4v) is 8.12. The van der Waals surface area contributed by atoms with Crippen LogP contribution < -0.4 is 10.2 Å². The Labute approximate surface area is 218 Å². The number of anilines is 1. The summed E-state index contributed by atoms with van der Waals surface area (Å²) in [6.07, 6.45) is 7.69. The molecule has 198 valence electrons. The maximum absolute atomic E-state index is 13.5. The van der Waals surface area contributed by atoms with Gasteiger partial charge in [0.05, 0.1) is 16.6 Å². The summed E-state index contributed by atoms with van der Waals surface area (Å²) in [7, 11) is 0.